The van der Waals surface area contributed by atoms with Crippen molar-refractivity contribution in [1.82, 2.24) is 10.6 Å². The molecule has 3 rings (SSSR count). The van der Waals surface area contributed by atoms with Gasteiger partial charge in [-0.2, -0.15) is 4.89 Å². The normalized spacial score (nSPS) is 17.1. The number of alkyl carbamates (subject to hydrolysis) is 1. The third kappa shape index (κ3) is 17.1. The van der Waals surface area contributed by atoms with E-state index in [0.717, 1.165) is 32.1 Å². The smallest absolute Gasteiger partial charge is 0.409 e. The summed E-state index contributed by atoms with van der Waals surface area (Å²) in [6.07, 6.45) is 18.2. The quantitative estimate of drug-likeness (QED) is 0.0274. The standard InChI is InChI=1S/C39H60N2O5.C2H4O3/c1-4-6-7-8-9-10-11-12-13-14-15-16-23-28-40-38(43)44-31-45-39(33-24-19-17-20-25-33,34-26-21-18-22-27-34)37(42)46-36-29-32(3)41-35(5-2)30-36;1-4-5-2-3/h17-22,24-27,32,35-36,41H,4-16,23,28-31H2,1-3H3,(H,40,43);2H,1H3. The van der Waals surface area contributed by atoms with E-state index in [4.69, 9.17) is 19.0 Å². The van der Waals surface area contributed by atoms with E-state index >= 15 is 0 Å². The minimum absolute atomic E-state index is 0.208. The predicted molar refractivity (Wildman–Crippen MR) is 200 cm³/mol. The van der Waals surface area contributed by atoms with Crippen LogP contribution in [0.1, 0.15) is 135 Å². The Morgan fingerprint density at radius 2 is 1.33 bits per heavy atom. The lowest BCUT2D eigenvalue weighted by atomic mass is 9.85. The van der Waals surface area contributed by atoms with Crippen molar-refractivity contribution in [3.05, 3.63) is 71.8 Å². The second-order valence-electron chi connectivity index (χ2n) is 13.3. The van der Waals surface area contributed by atoms with E-state index in [9.17, 15) is 9.59 Å². The molecule has 10 heteroatoms. The Hall–Kier alpha value is -3.47. The van der Waals surface area contributed by atoms with E-state index in [2.05, 4.69) is 41.2 Å². The largest absolute Gasteiger partial charge is 0.460 e. The Kier molecular flexibility index (Phi) is 23.3. The van der Waals surface area contributed by atoms with Crippen LogP contribution in [0.15, 0.2) is 60.7 Å². The molecule has 0 aliphatic carbocycles. The number of carbonyl (C=O) groups excluding carboxylic acids is 3. The molecule has 286 valence electrons. The van der Waals surface area contributed by atoms with E-state index in [1.54, 1.807) is 0 Å². The zero-order valence-electron chi connectivity index (χ0n) is 31.6. The van der Waals surface area contributed by atoms with Crippen molar-refractivity contribution in [2.75, 3.05) is 20.4 Å². The number of unbranched alkanes of at least 4 members (excludes halogenated alkanes) is 12. The SMILES string of the molecule is CCCCCCCCCCCCCCCNC(=O)OCOC(C(=O)OC1CC(C)NC(CC)C1)(c1ccccc1)c1ccccc1.COOC=O. The van der Waals surface area contributed by atoms with E-state index in [0.29, 0.717) is 17.7 Å². The Labute approximate surface area is 306 Å². The molecule has 0 aromatic heterocycles. The number of nitrogens with one attached hydrogen (secondary N) is 2. The molecule has 1 amide bonds. The van der Waals surface area contributed by atoms with Crippen molar-refractivity contribution < 1.29 is 38.4 Å². The number of ether oxygens (including phenoxy) is 3. The number of rotatable bonds is 24. The summed E-state index contributed by atoms with van der Waals surface area (Å²) >= 11 is 0. The van der Waals surface area contributed by atoms with Crippen LogP contribution < -0.4 is 10.6 Å². The molecule has 2 N–H and O–H groups in total. The summed E-state index contributed by atoms with van der Waals surface area (Å²) in [6, 6.07) is 19.2. The minimum Gasteiger partial charge on any atom is -0.460 e. The summed E-state index contributed by atoms with van der Waals surface area (Å²) in [5.74, 6) is -0.505. The van der Waals surface area contributed by atoms with Gasteiger partial charge in [-0.3, -0.25) is 4.79 Å². The van der Waals surface area contributed by atoms with Gasteiger partial charge >= 0.3 is 18.5 Å². The first-order chi connectivity index (χ1) is 24.9. The lowest BCUT2D eigenvalue weighted by Crippen LogP contribution is -2.49. The second kappa shape index (κ2) is 27.2. The van der Waals surface area contributed by atoms with Gasteiger partial charge in [0.1, 0.15) is 6.10 Å². The Morgan fingerprint density at radius 1 is 0.804 bits per heavy atom. The van der Waals surface area contributed by atoms with Crippen molar-refractivity contribution in [3.63, 3.8) is 0 Å². The molecule has 1 heterocycles. The molecule has 0 spiro atoms. The number of amides is 1. The van der Waals surface area contributed by atoms with Gasteiger partial charge in [-0.05, 0) is 43.7 Å². The summed E-state index contributed by atoms with van der Waals surface area (Å²) in [5.41, 5.74) is -0.347. The van der Waals surface area contributed by atoms with E-state index in [1.807, 2.05) is 60.7 Å². The predicted octanol–water partition coefficient (Wildman–Crippen LogP) is 8.90. The Bertz CT molecular complexity index is 1140. The maximum Gasteiger partial charge on any atom is 0.409 e. The molecule has 3 unspecified atom stereocenters. The number of esters is 1. The van der Waals surface area contributed by atoms with Gasteiger partial charge in [-0.1, -0.05) is 152 Å². The molecule has 10 nitrogen and oxygen atoms in total. The highest BCUT2D eigenvalue weighted by Crippen LogP contribution is 2.37. The van der Waals surface area contributed by atoms with Crippen LogP contribution in [-0.4, -0.2) is 57.2 Å². The van der Waals surface area contributed by atoms with Crippen molar-refractivity contribution >= 4 is 18.5 Å². The van der Waals surface area contributed by atoms with Gasteiger partial charge in [0.2, 0.25) is 5.60 Å². The molecular formula is C41H64N2O8. The fourth-order valence-corrected chi connectivity index (χ4v) is 6.53. The minimum atomic E-state index is -1.59. The average Bonchev–Trinajstić information content (AvgIpc) is 3.14. The molecule has 0 bridgehead atoms. The lowest BCUT2D eigenvalue weighted by Gasteiger charge is -2.37. The first-order valence-electron chi connectivity index (χ1n) is 19.2. The van der Waals surface area contributed by atoms with Crippen LogP contribution in [0.5, 0.6) is 0 Å². The van der Waals surface area contributed by atoms with Crippen LogP contribution in [0.3, 0.4) is 0 Å². The summed E-state index contributed by atoms with van der Waals surface area (Å²) in [6.45, 7) is 6.87. The Morgan fingerprint density at radius 3 is 1.80 bits per heavy atom. The molecule has 3 atom stereocenters. The van der Waals surface area contributed by atoms with Crippen LogP contribution in [0.4, 0.5) is 4.79 Å². The van der Waals surface area contributed by atoms with Crippen molar-refractivity contribution in [2.45, 2.75) is 147 Å². The van der Waals surface area contributed by atoms with Gasteiger partial charge in [0, 0.05) is 18.6 Å². The topological polar surface area (TPSA) is 121 Å². The van der Waals surface area contributed by atoms with Gasteiger partial charge < -0.3 is 29.7 Å². The molecule has 2 aromatic rings. The van der Waals surface area contributed by atoms with Crippen LogP contribution in [-0.2, 0) is 39.2 Å². The fourth-order valence-electron chi connectivity index (χ4n) is 6.53. The van der Waals surface area contributed by atoms with Crippen molar-refractivity contribution in [2.24, 2.45) is 0 Å². The third-order valence-corrected chi connectivity index (χ3v) is 9.25. The highest BCUT2D eigenvalue weighted by Gasteiger charge is 2.47. The van der Waals surface area contributed by atoms with E-state index < -0.39 is 24.5 Å². The monoisotopic (exact) mass is 712 g/mol. The lowest BCUT2D eigenvalue weighted by molar-refractivity contribution is -0.240. The summed E-state index contributed by atoms with van der Waals surface area (Å²) in [4.78, 5) is 43.3. The summed E-state index contributed by atoms with van der Waals surface area (Å²) < 4.78 is 18.0. The molecular weight excluding hydrogens is 648 g/mol. The number of hydrogen-bond acceptors (Lipinski definition) is 9. The molecule has 1 fully saturated rings. The summed E-state index contributed by atoms with van der Waals surface area (Å²) in [5, 5.41) is 6.41. The van der Waals surface area contributed by atoms with Gasteiger partial charge in [0.05, 0.1) is 7.11 Å². The third-order valence-electron chi connectivity index (χ3n) is 9.25. The second-order valence-corrected chi connectivity index (χ2v) is 13.3. The molecule has 51 heavy (non-hydrogen) atoms. The maximum atomic E-state index is 14.2. The van der Waals surface area contributed by atoms with Crippen molar-refractivity contribution in [3.8, 4) is 0 Å². The first kappa shape index (κ1) is 43.7. The number of carbonyl (C=O) groups is 3. The zero-order valence-corrected chi connectivity index (χ0v) is 31.6. The molecule has 2 aromatic carbocycles. The van der Waals surface area contributed by atoms with Gasteiger partial charge in [-0.25, -0.2) is 9.59 Å². The maximum absolute atomic E-state index is 14.2. The fraction of sp³-hybridized carbons (Fsp3) is 0.634. The molecule has 0 saturated carbocycles. The van der Waals surface area contributed by atoms with E-state index in [1.165, 1.54) is 77.7 Å². The van der Waals surface area contributed by atoms with Crippen LogP contribution in [0.25, 0.3) is 0 Å². The number of piperidine rings is 1. The van der Waals surface area contributed by atoms with Crippen LogP contribution in [0, 0.1) is 0 Å². The van der Waals surface area contributed by atoms with Crippen LogP contribution >= 0.6 is 0 Å². The average molecular weight is 713 g/mol. The first-order valence-corrected chi connectivity index (χ1v) is 19.2. The molecule has 1 saturated heterocycles. The summed E-state index contributed by atoms with van der Waals surface area (Å²) in [7, 11) is 1.26. The molecule has 0 radical (unpaired) electrons. The Balaban J connectivity index is 0.00000168. The highest BCUT2D eigenvalue weighted by atomic mass is 17.2. The molecule has 1 aliphatic rings. The highest BCUT2D eigenvalue weighted by molar-refractivity contribution is 5.86. The van der Waals surface area contributed by atoms with Crippen LogP contribution in [0.2, 0.25) is 0 Å². The number of hydrogen-bond donors (Lipinski definition) is 2. The van der Waals surface area contributed by atoms with Gasteiger partial charge in [0.25, 0.3) is 0 Å². The van der Waals surface area contributed by atoms with E-state index in [-0.39, 0.29) is 24.7 Å². The van der Waals surface area contributed by atoms with Gasteiger partial charge in [-0.15, -0.1) is 0 Å². The molecule has 1 aliphatic heterocycles. The number of benzene rings is 2. The van der Waals surface area contributed by atoms with Crippen molar-refractivity contribution in [1.29, 1.82) is 0 Å². The van der Waals surface area contributed by atoms with Gasteiger partial charge in [0.15, 0.2) is 6.79 Å². The zero-order chi connectivity index (χ0) is 37.0.